The Morgan fingerprint density at radius 2 is 2.19 bits per heavy atom. The highest BCUT2D eigenvalue weighted by molar-refractivity contribution is 7.20. The minimum absolute atomic E-state index is 0.0798. The third-order valence-electron chi connectivity index (χ3n) is 3.19. The molecule has 0 saturated carbocycles. The van der Waals surface area contributed by atoms with Gasteiger partial charge in [0.2, 0.25) is 0 Å². The van der Waals surface area contributed by atoms with Gasteiger partial charge in [-0.2, -0.15) is 0 Å². The summed E-state index contributed by atoms with van der Waals surface area (Å²) in [5.74, 6) is -1.35. The zero-order valence-electron chi connectivity index (χ0n) is 11.6. The number of benzene rings is 1. The topological polar surface area (TPSA) is 66.4 Å². The summed E-state index contributed by atoms with van der Waals surface area (Å²) in [6.45, 7) is 2.29. The molecule has 4 nitrogen and oxygen atoms in total. The molecular formula is C15H16FNO3S. The number of halogens is 1. The third-order valence-corrected chi connectivity index (χ3v) is 4.29. The van der Waals surface area contributed by atoms with Gasteiger partial charge >= 0.3 is 5.97 Å². The molecule has 0 saturated heterocycles. The van der Waals surface area contributed by atoms with Gasteiger partial charge in [0.1, 0.15) is 5.82 Å². The average molecular weight is 309 g/mol. The molecule has 0 spiro atoms. The van der Waals surface area contributed by atoms with Crippen LogP contribution in [-0.2, 0) is 4.79 Å². The Morgan fingerprint density at radius 3 is 2.86 bits per heavy atom. The fourth-order valence-electron chi connectivity index (χ4n) is 1.96. The first kappa shape index (κ1) is 15.4. The zero-order chi connectivity index (χ0) is 15.4. The molecule has 0 aliphatic rings. The first-order chi connectivity index (χ1) is 9.97. The van der Waals surface area contributed by atoms with Gasteiger partial charge in [-0.05, 0) is 30.5 Å². The van der Waals surface area contributed by atoms with Gasteiger partial charge in [-0.15, -0.1) is 11.3 Å². The van der Waals surface area contributed by atoms with Gasteiger partial charge in [-0.3, -0.25) is 9.59 Å². The van der Waals surface area contributed by atoms with E-state index in [2.05, 4.69) is 5.32 Å². The number of carboxylic acid groups (broad SMARTS) is 1. The molecule has 2 rings (SSSR count). The highest BCUT2D eigenvalue weighted by Crippen LogP contribution is 2.27. The monoisotopic (exact) mass is 309 g/mol. The molecule has 0 bridgehead atoms. The van der Waals surface area contributed by atoms with Crippen molar-refractivity contribution >= 4 is 33.3 Å². The fraction of sp³-hybridized carbons (Fsp3) is 0.333. The van der Waals surface area contributed by atoms with Crippen LogP contribution in [0.3, 0.4) is 0 Å². The number of aliphatic carboxylic acids is 1. The quantitative estimate of drug-likeness (QED) is 0.860. The number of carboxylic acids is 1. The Kier molecular flexibility index (Phi) is 4.90. The van der Waals surface area contributed by atoms with Gasteiger partial charge in [0, 0.05) is 23.1 Å². The number of rotatable bonds is 6. The Hall–Kier alpha value is -1.95. The number of carbonyl (C=O) groups is 2. The lowest BCUT2D eigenvalue weighted by Gasteiger charge is -2.10. The van der Waals surface area contributed by atoms with Gasteiger partial charge in [-0.1, -0.05) is 13.0 Å². The van der Waals surface area contributed by atoms with Crippen LogP contribution in [-0.4, -0.2) is 23.5 Å². The van der Waals surface area contributed by atoms with Crippen LogP contribution in [0.1, 0.15) is 29.4 Å². The maximum absolute atomic E-state index is 13.6. The summed E-state index contributed by atoms with van der Waals surface area (Å²) in [7, 11) is 0. The van der Waals surface area contributed by atoms with Gasteiger partial charge < -0.3 is 10.4 Å². The average Bonchev–Trinajstić information content (AvgIpc) is 2.88. The number of nitrogens with one attached hydrogen (secondary N) is 1. The number of amides is 1. The molecule has 1 unspecified atom stereocenters. The molecule has 2 N–H and O–H groups in total. The molecule has 1 heterocycles. The summed E-state index contributed by atoms with van der Waals surface area (Å²) in [5.41, 5.74) is 0. The first-order valence-electron chi connectivity index (χ1n) is 6.65. The van der Waals surface area contributed by atoms with Crippen LogP contribution >= 0.6 is 11.3 Å². The molecule has 2 aromatic rings. The van der Waals surface area contributed by atoms with E-state index in [1.165, 1.54) is 17.4 Å². The summed E-state index contributed by atoms with van der Waals surface area (Å²) in [6, 6.07) is 6.30. The van der Waals surface area contributed by atoms with Crippen LogP contribution in [0.25, 0.3) is 10.1 Å². The fourth-order valence-corrected chi connectivity index (χ4v) is 2.95. The molecular weight excluding hydrogens is 293 g/mol. The smallest absolute Gasteiger partial charge is 0.303 e. The van der Waals surface area contributed by atoms with E-state index in [4.69, 9.17) is 5.11 Å². The highest BCUT2D eigenvalue weighted by atomic mass is 32.1. The number of carbonyl (C=O) groups excluding carboxylic acids is 1. The molecule has 0 fully saturated rings. The van der Waals surface area contributed by atoms with Crippen molar-refractivity contribution in [2.45, 2.75) is 19.8 Å². The predicted molar refractivity (Wildman–Crippen MR) is 80.2 cm³/mol. The third kappa shape index (κ3) is 4.01. The second kappa shape index (κ2) is 6.67. The molecule has 0 aliphatic heterocycles. The normalized spacial score (nSPS) is 12.3. The van der Waals surface area contributed by atoms with Crippen LogP contribution in [0.15, 0.2) is 24.3 Å². The van der Waals surface area contributed by atoms with Crippen LogP contribution < -0.4 is 5.32 Å². The van der Waals surface area contributed by atoms with Gasteiger partial charge in [0.25, 0.3) is 5.91 Å². The van der Waals surface area contributed by atoms with Gasteiger partial charge in [0.15, 0.2) is 0 Å². The summed E-state index contributed by atoms with van der Waals surface area (Å²) in [6.07, 6.45) is 0.599. The molecule has 1 aromatic heterocycles. The van der Waals surface area contributed by atoms with E-state index in [-0.39, 0.29) is 24.1 Å². The van der Waals surface area contributed by atoms with Crippen LogP contribution in [0.5, 0.6) is 0 Å². The summed E-state index contributed by atoms with van der Waals surface area (Å²) >= 11 is 1.24. The summed E-state index contributed by atoms with van der Waals surface area (Å²) in [5, 5.41) is 11.8. The number of fused-ring (bicyclic) bond motifs is 1. The van der Waals surface area contributed by atoms with Gasteiger partial charge in [-0.25, -0.2) is 4.39 Å². The molecule has 1 atom stereocenters. The van der Waals surface area contributed by atoms with Crippen LogP contribution in [0.2, 0.25) is 0 Å². The van der Waals surface area contributed by atoms with Crippen molar-refractivity contribution < 1.29 is 19.1 Å². The van der Waals surface area contributed by atoms with E-state index < -0.39 is 5.97 Å². The predicted octanol–water partition coefficient (Wildman–Crippen LogP) is 3.27. The largest absolute Gasteiger partial charge is 0.481 e. The minimum atomic E-state index is -0.840. The van der Waals surface area contributed by atoms with Crippen molar-refractivity contribution in [3.63, 3.8) is 0 Å². The van der Waals surface area contributed by atoms with E-state index in [9.17, 15) is 14.0 Å². The molecule has 1 aromatic carbocycles. The van der Waals surface area contributed by atoms with E-state index in [0.29, 0.717) is 23.2 Å². The summed E-state index contributed by atoms with van der Waals surface area (Å²) < 4.78 is 14.3. The van der Waals surface area contributed by atoms with Crippen LogP contribution in [0, 0.1) is 11.7 Å². The number of hydrogen-bond donors (Lipinski definition) is 2. The molecule has 112 valence electrons. The molecule has 21 heavy (non-hydrogen) atoms. The van der Waals surface area contributed by atoms with Crippen molar-refractivity contribution in [3.8, 4) is 0 Å². The number of thiophene rings is 1. The minimum Gasteiger partial charge on any atom is -0.481 e. The van der Waals surface area contributed by atoms with Crippen molar-refractivity contribution in [2.24, 2.45) is 5.92 Å². The standard InChI is InChI=1S/C15H16FNO3S/c1-9(5-6-14(18)19)8-17-15(20)13-7-10-11(16)3-2-4-12(10)21-13/h2-4,7,9H,5-6,8H2,1H3,(H,17,20)(H,18,19). The zero-order valence-corrected chi connectivity index (χ0v) is 12.4. The molecule has 0 radical (unpaired) electrons. The van der Waals surface area contributed by atoms with Crippen molar-refractivity contribution in [1.29, 1.82) is 0 Å². The van der Waals surface area contributed by atoms with Crippen molar-refractivity contribution in [1.82, 2.24) is 5.32 Å². The lowest BCUT2D eigenvalue weighted by molar-refractivity contribution is -0.137. The van der Waals surface area contributed by atoms with E-state index >= 15 is 0 Å². The second-order valence-electron chi connectivity index (χ2n) is 5.01. The van der Waals surface area contributed by atoms with Crippen molar-refractivity contribution in [2.75, 3.05) is 6.54 Å². The van der Waals surface area contributed by atoms with Crippen LogP contribution in [0.4, 0.5) is 4.39 Å². The molecule has 6 heteroatoms. The van der Waals surface area contributed by atoms with Crippen molar-refractivity contribution in [3.05, 3.63) is 35.0 Å². The molecule has 0 aliphatic carbocycles. The Labute approximate surface area is 125 Å². The first-order valence-corrected chi connectivity index (χ1v) is 7.47. The lowest BCUT2D eigenvalue weighted by Crippen LogP contribution is -2.27. The Balaban J connectivity index is 1.96. The number of hydrogen-bond acceptors (Lipinski definition) is 3. The Morgan fingerprint density at radius 1 is 1.43 bits per heavy atom. The lowest BCUT2D eigenvalue weighted by atomic mass is 10.1. The summed E-state index contributed by atoms with van der Waals surface area (Å²) in [4.78, 5) is 23.0. The van der Waals surface area contributed by atoms with E-state index in [0.717, 1.165) is 4.70 Å². The second-order valence-corrected chi connectivity index (χ2v) is 6.09. The maximum atomic E-state index is 13.6. The Bertz CT molecular complexity index is 668. The molecule has 1 amide bonds. The maximum Gasteiger partial charge on any atom is 0.303 e. The SMILES string of the molecule is CC(CCC(=O)O)CNC(=O)c1cc2c(F)cccc2s1. The highest BCUT2D eigenvalue weighted by Gasteiger charge is 2.13. The van der Waals surface area contributed by atoms with Gasteiger partial charge in [0.05, 0.1) is 4.88 Å². The van der Waals surface area contributed by atoms with E-state index in [1.807, 2.05) is 6.92 Å². The van der Waals surface area contributed by atoms with E-state index in [1.54, 1.807) is 18.2 Å².